The Kier molecular flexibility index (Phi) is 40.1. The van der Waals surface area contributed by atoms with E-state index in [4.69, 9.17) is 19.3 Å². The van der Waals surface area contributed by atoms with Crippen LogP contribution in [0.3, 0.4) is 0 Å². The molecule has 0 fully saturated rings. The first-order valence-corrected chi connectivity index (χ1v) is 24.2. The molecular formula is C45H85O8P. The average molecular weight is 785 g/mol. The second-order valence-electron chi connectivity index (χ2n) is 15.4. The van der Waals surface area contributed by atoms with Crippen LogP contribution in [0.5, 0.6) is 0 Å². The summed E-state index contributed by atoms with van der Waals surface area (Å²) in [4.78, 5) is 42.9. The normalized spacial score (nSPS) is 12.6. The summed E-state index contributed by atoms with van der Waals surface area (Å²) < 4.78 is 26.4. The molecule has 0 aliphatic carbocycles. The molecule has 0 bridgehead atoms. The van der Waals surface area contributed by atoms with Crippen molar-refractivity contribution in [2.75, 3.05) is 13.2 Å². The number of allylic oxidation sites excluding steroid dienone is 4. The van der Waals surface area contributed by atoms with Crippen molar-refractivity contribution in [1.82, 2.24) is 0 Å². The van der Waals surface area contributed by atoms with Gasteiger partial charge in [-0.25, -0.2) is 4.57 Å². The van der Waals surface area contributed by atoms with Crippen molar-refractivity contribution in [3.8, 4) is 0 Å². The monoisotopic (exact) mass is 785 g/mol. The van der Waals surface area contributed by atoms with Crippen LogP contribution in [0.2, 0.25) is 0 Å². The molecule has 0 spiro atoms. The predicted molar refractivity (Wildman–Crippen MR) is 225 cm³/mol. The van der Waals surface area contributed by atoms with Gasteiger partial charge in [-0.3, -0.25) is 14.1 Å². The van der Waals surface area contributed by atoms with Crippen LogP contribution < -0.4 is 0 Å². The van der Waals surface area contributed by atoms with Crippen LogP contribution in [0.4, 0.5) is 0 Å². The molecule has 0 aromatic rings. The Bertz CT molecular complexity index is 931. The van der Waals surface area contributed by atoms with Crippen molar-refractivity contribution in [1.29, 1.82) is 0 Å². The first-order chi connectivity index (χ1) is 26.3. The largest absolute Gasteiger partial charge is 0.469 e. The molecule has 8 nitrogen and oxygen atoms in total. The maximum absolute atomic E-state index is 12.4. The van der Waals surface area contributed by atoms with Crippen molar-refractivity contribution in [2.24, 2.45) is 0 Å². The lowest BCUT2D eigenvalue weighted by molar-refractivity contribution is -0.161. The minimum absolute atomic E-state index is 0.172. The van der Waals surface area contributed by atoms with Gasteiger partial charge in [-0.2, -0.15) is 0 Å². The molecule has 54 heavy (non-hydrogen) atoms. The van der Waals surface area contributed by atoms with Crippen LogP contribution in [0, 0.1) is 0 Å². The van der Waals surface area contributed by atoms with Crippen molar-refractivity contribution < 1.29 is 37.9 Å². The summed E-state index contributed by atoms with van der Waals surface area (Å²) >= 11 is 0. The Morgan fingerprint density at radius 3 is 1.26 bits per heavy atom. The maximum Gasteiger partial charge on any atom is 0.469 e. The van der Waals surface area contributed by atoms with Crippen molar-refractivity contribution in [3.63, 3.8) is 0 Å². The third kappa shape index (κ3) is 43.3. The number of unbranched alkanes of at least 4 members (excludes halogenated alkanes) is 28. The summed E-state index contributed by atoms with van der Waals surface area (Å²) in [5, 5.41) is 0. The van der Waals surface area contributed by atoms with Gasteiger partial charge in [0.25, 0.3) is 0 Å². The van der Waals surface area contributed by atoms with Crippen LogP contribution in [-0.4, -0.2) is 41.0 Å². The molecule has 2 N–H and O–H groups in total. The summed E-state index contributed by atoms with van der Waals surface area (Å²) in [6.07, 6.45) is 47.7. The second kappa shape index (κ2) is 41.2. The van der Waals surface area contributed by atoms with Gasteiger partial charge in [-0.05, 0) is 44.9 Å². The van der Waals surface area contributed by atoms with E-state index in [2.05, 4.69) is 42.7 Å². The lowest BCUT2D eigenvalue weighted by Crippen LogP contribution is -2.29. The van der Waals surface area contributed by atoms with Gasteiger partial charge >= 0.3 is 19.8 Å². The van der Waals surface area contributed by atoms with E-state index in [-0.39, 0.29) is 19.4 Å². The van der Waals surface area contributed by atoms with Gasteiger partial charge < -0.3 is 19.3 Å². The molecule has 0 heterocycles. The molecule has 0 unspecified atom stereocenters. The second-order valence-corrected chi connectivity index (χ2v) is 16.6. The summed E-state index contributed by atoms with van der Waals surface area (Å²) in [5.41, 5.74) is 0. The van der Waals surface area contributed by atoms with E-state index in [0.717, 1.165) is 44.9 Å². The molecule has 0 saturated heterocycles. The Balaban J connectivity index is 3.86. The van der Waals surface area contributed by atoms with E-state index in [9.17, 15) is 14.2 Å². The molecule has 0 saturated carbocycles. The van der Waals surface area contributed by atoms with Gasteiger partial charge in [-0.1, -0.05) is 199 Å². The summed E-state index contributed by atoms with van der Waals surface area (Å²) in [5.74, 6) is -0.912. The first kappa shape index (κ1) is 52.5. The molecular weight excluding hydrogens is 699 g/mol. The molecule has 1 atom stereocenters. The quantitative estimate of drug-likeness (QED) is 0.0272. The minimum Gasteiger partial charge on any atom is -0.462 e. The Morgan fingerprint density at radius 1 is 0.481 bits per heavy atom. The number of phosphoric ester groups is 1. The molecule has 9 heteroatoms. The molecule has 0 aromatic heterocycles. The van der Waals surface area contributed by atoms with Crippen LogP contribution in [0.15, 0.2) is 24.3 Å². The van der Waals surface area contributed by atoms with E-state index < -0.39 is 32.5 Å². The Hall–Kier alpha value is -1.47. The van der Waals surface area contributed by atoms with Crippen molar-refractivity contribution in [2.45, 2.75) is 238 Å². The van der Waals surface area contributed by atoms with E-state index in [1.807, 2.05) is 0 Å². The highest BCUT2D eigenvalue weighted by atomic mass is 31.2. The van der Waals surface area contributed by atoms with Crippen LogP contribution in [-0.2, 0) is 28.2 Å². The number of rotatable bonds is 42. The third-order valence-corrected chi connectivity index (χ3v) is 10.5. The maximum atomic E-state index is 12.4. The van der Waals surface area contributed by atoms with Crippen LogP contribution in [0.1, 0.15) is 232 Å². The predicted octanol–water partition coefficient (Wildman–Crippen LogP) is 14.0. The van der Waals surface area contributed by atoms with Crippen molar-refractivity contribution >= 4 is 19.8 Å². The number of hydrogen-bond acceptors (Lipinski definition) is 6. The zero-order valence-electron chi connectivity index (χ0n) is 35.1. The lowest BCUT2D eigenvalue weighted by Gasteiger charge is -2.18. The molecule has 0 amide bonds. The highest BCUT2D eigenvalue weighted by Crippen LogP contribution is 2.36. The molecule has 0 aliphatic rings. The molecule has 0 aromatic carbocycles. The van der Waals surface area contributed by atoms with Gasteiger partial charge in [0.1, 0.15) is 6.61 Å². The van der Waals surface area contributed by atoms with Gasteiger partial charge in [0.15, 0.2) is 6.10 Å². The molecule has 0 radical (unpaired) electrons. The number of carbonyl (C=O) groups excluding carboxylic acids is 2. The SMILES string of the molecule is CCCCCCCC/C=C/C/C=C/CCCCC(=O)O[C@H](COC(=O)CCCCCCCCCCCCCCCCCCCCCCC)COP(=O)(O)O. The van der Waals surface area contributed by atoms with Gasteiger partial charge in [0, 0.05) is 12.8 Å². The highest BCUT2D eigenvalue weighted by Gasteiger charge is 2.22. The smallest absolute Gasteiger partial charge is 0.462 e. The molecule has 318 valence electrons. The minimum atomic E-state index is -4.76. The topological polar surface area (TPSA) is 119 Å². The number of hydrogen-bond donors (Lipinski definition) is 2. The summed E-state index contributed by atoms with van der Waals surface area (Å²) in [6, 6.07) is 0. The fourth-order valence-electron chi connectivity index (χ4n) is 6.58. The van der Waals surface area contributed by atoms with Crippen molar-refractivity contribution in [3.05, 3.63) is 24.3 Å². The highest BCUT2D eigenvalue weighted by molar-refractivity contribution is 7.46. The van der Waals surface area contributed by atoms with Gasteiger partial charge in [0.05, 0.1) is 6.61 Å². The van der Waals surface area contributed by atoms with Gasteiger partial charge in [0.2, 0.25) is 0 Å². The standard InChI is InChI=1S/C45H85O8P/c1-3-5-7-9-11-13-15-17-19-20-21-22-23-24-26-27-29-31-33-35-37-39-44(46)51-41-43(42-52-54(48,49)50)53-45(47)40-38-36-34-32-30-28-25-18-16-14-12-10-8-6-4-2/h18,25,30,32,43H,3-17,19-24,26-29,31,33-42H2,1-2H3,(H2,48,49,50)/b25-18+,32-30+/t43-/m1/s1. The van der Waals surface area contributed by atoms with Crippen LogP contribution >= 0.6 is 7.82 Å². The zero-order chi connectivity index (χ0) is 39.6. The first-order valence-electron chi connectivity index (χ1n) is 22.6. The fourth-order valence-corrected chi connectivity index (χ4v) is 6.94. The zero-order valence-corrected chi connectivity index (χ0v) is 36.0. The number of esters is 2. The average Bonchev–Trinajstić information content (AvgIpc) is 3.14. The molecule has 0 rings (SSSR count). The van der Waals surface area contributed by atoms with Gasteiger partial charge in [-0.15, -0.1) is 0 Å². The Morgan fingerprint density at radius 2 is 0.833 bits per heavy atom. The fraction of sp³-hybridized carbons (Fsp3) is 0.867. The Labute approximate surface area is 332 Å². The van der Waals surface area contributed by atoms with E-state index >= 15 is 0 Å². The summed E-state index contributed by atoms with van der Waals surface area (Å²) in [6.45, 7) is 3.68. The van der Waals surface area contributed by atoms with E-state index in [1.54, 1.807) is 0 Å². The van der Waals surface area contributed by atoms with E-state index in [0.29, 0.717) is 6.42 Å². The third-order valence-electron chi connectivity index (χ3n) is 9.97. The lowest BCUT2D eigenvalue weighted by atomic mass is 10.0. The van der Waals surface area contributed by atoms with E-state index in [1.165, 1.54) is 154 Å². The van der Waals surface area contributed by atoms with Crippen LogP contribution in [0.25, 0.3) is 0 Å². The number of carbonyl (C=O) groups is 2. The number of phosphoric acid groups is 1. The molecule has 0 aliphatic heterocycles. The summed E-state index contributed by atoms with van der Waals surface area (Å²) in [7, 11) is -4.76. The number of ether oxygens (including phenoxy) is 2.